The van der Waals surface area contributed by atoms with Crippen molar-refractivity contribution >= 4 is 27.9 Å². The van der Waals surface area contributed by atoms with Gasteiger partial charge in [0.05, 0.1) is 6.04 Å². The van der Waals surface area contributed by atoms with Gasteiger partial charge in [-0.3, -0.25) is 15.0 Å². The van der Waals surface area contributed by atoms with Crippen LogP contribution in [-0.2, 0) is 11.3 Å². The highest BCUT2D eigenvalue weighted by atomic mass is 79.9. The molecule has 1 rings (SSSR count). The minimum atomic E-state index is -0.471. The van der Waals surface area contributed by atoms with Crippen molar-refractivity contribution in [1.29, 1.82) is 0 Å². The SMILES string of the molecule is CC(C(=O)NC(=O)NC(C)(C)C)N(C)Cc1ccc(Br)cc1. The number of imide groups is 1. The zero-order valence-electron chi connectivity index (χ0n) is 13.7. The summed E-state index contributed by atoms with van der Waals surface area (Å²) in [5, 5.41) is 5.08. The minimum absolute atomic E-state index is 0.318. The van der Waals surface area contributed by atoms with Crippen molar-refractivity contribution in [2.45, 2.75) is 45.8 Å². The number of carbonyl (C=O) groups is 2. The number of amides is 3. The van der Waals surface area contributed by atoms with E-state index in [0.717, 1.165) is 10.0 Å². The molecule has 122 valence electrons. The normalized spacial score (nSPS) is 12.9. The van der Waals surface area contributed by atoms with Gasteiger partial charge in [0.25, 0.3) is 0 Å². The van der Waals surface area contributed by atoms with E-state index < -0.39 is 12.1 Å². The first-order valence-electron chi connectivity index (χ1n) is 7.16. The fraction of sp³-hybridized carbons (Fsp3) is 0.500. The maximum absolute atomic E-state index is 12.1. The van der Waals surface area contributed by atoms with Crippen LogP contribution >= 0.6 is 15.9 Å². The first-order valence-corrected chi connectivity index (χ1v) is 7.95. The number of hydrogen-bond donors (Lipinski definition) is 2. The van der Waals surface area contributed by atoms with E-state index in [0.29, 0.717) is 6.54 Å². The number of urea groups is 1. The minimum Gasteiger partial charge on any atom is -0.333 e. The first kappa shape index (κ1) is 18.6. The third-order valence-electron chi connectivity index (χ3n) is 3.11. The monoisotopic (exact) mass is 369 g/mol. The molecule has 1 aromatic carbocycles. The summed E-state index contributed by atoms with van der Waals surface area (Å²) in [6, 6.07) is 7.04. The topological polar surface area (TPSA) is 61.4 Å². The molecule has 1 atom stereocenters. The summed E-state index contributed by atoms with van der Waals surface area (Å²) >= 11 is 3.39. The van der Waals surface area contributed by atoms with E-state index in [1.54, 1.807) is 6.92 Å². The molecule has 0 saturated carbocycles. The standard InChI is InChI=1S/C16H24BrN3O2/c1-11(14(21)18-15(22)19-16(2,3)4)20(5)10-12-6-8-13(17)9-7-12/h6-9,11H,10H2,1-5H3,(H2,18,19,21,22). The summed E-state index contributed by atoms with van der Waals surface area (Å²) in [6.07, 6.45) is 0. The summed E-state index contributed by atoms with van der Waals surface area (Å²) in [6.45, 7) is 7.99. The molecule has 0 fully saturated rings. The first-order chi connectivity index (χ1) is 10.1. The van der Waals surface area contributed by atoms with Gasteiger partial charge in [0.15, 0.2) is 0 Å². The van der Waals surface area contributed by atoms with Crippen LogP contribution in [0.1, 0.15) is 33.3 Å². The smallest absolute Gasteiger partial charge is 0.321 e. The molecule has 0 aromatic heterocycles. The third-order valence-corrected chi connectivity index (χ3v) is 3.64. The number of benzene rings is 1. The fourth-order valence-corrected chi connectivity index (χ4v) is 2.07. The van der Waals surface area contributed by atoms with E-state index in [9.17, 15) is 9.59 Å². The van der Waals surface area contributed by atoms with Crippen molar-refractivity contribution in [2.75, 3.05) is 7.05 Å². The van der Waals surface area contributed by atoms with Crippen LogP contribution in [0.25, 0.3) is 0 Å². The van der Waals surface area contributed by atoms with Gasteiger partial charge in [0.1, 0.15) is 0 Å². The quantitative estimate of drug-likeness (QED) is 0.857. The summed E-state index contributed by atoms with van der Waals surface area (Å²) in [5.74, 6) is -0.318. The highest BCUT2D eigenvalue weighted by molar-refractivity contribution is 9.10. The maximum Gasteiger partial charge on any atom is 0.321 e. The highest BCUT2D eigenvalue weighted by Gasteiger charge is 2.22. The number of rotatable bonds is 4. The van der Waals surface area contributed by atoms with E-state index in [2.05, 4.69) is 26.6 Å². The molecule has 0 aliphatic heterocycles. The number of nitrogens with zero attached hydrogens (tertiary/aromatic N) is 1. The molecule has 0 heterocycles. The molecule has 0 bridgehead atoms. The molecule has 3 amide bonds. The molecule has 0 aliphatic carbocycles. The van der Waals surface area contributed by atoms with Crippen LogP contribution in [0.3, 0.4) is 0 Å². The van der Waals surface area contributed by atoms with Gasteiger partial charge in [0.2, 0.25) is 5.91 Å². The lowest BCUT2D eigenvalue weighted by Crippen LogP contribution is -2.52. The molecule has 0 radical (unpaired) electrons. The van der Waals surface area contributed by atoms with Gasteiger partial charge in [0, 0.05) is 16.6 Å². The Balaban J connectivity index is 2.54. The lowest BCUT2D eigenvalue weighted by atomic mass is 10.1. The fourth-order valence-electron chi connectivity index (χ4n) is 1.80. The van der Waals surface area contributed by atoms with Gasteiger partial charge < -0.3 is 5.32 Å². The van der Waals surface area contributed by atoms with Crippen molar-refractivity contribution in [1.82, 2.24) is 15.5 Å². The Bertz CT molecular complexity index is 523. The number of likely N-dealkylation sites (N-methyl/N-ethyl adjacent to an activating group) is 1. The second kappa shape index (κ2) is 7.74. The van der Waals surface area contributed by atoms with Crippen LogP contribution in [0.15, 0.2) is 28.7 Å². The lowest BCUT2D eigenvalue weighted by Gasteiger charge is -2.25. The van der Waals surface area contributed by atoms with Gasteiger partial charge >= 0.3 is 6.03 Å². The second-order valence-electron chi connectivity index (χ2n) is 6.41. The summed E-state index contributed by atoms with van der Waals surface area (Å²) in [7, 11) is 1.86. The second-order valence-corrected chi connectivity index (χ2v) is 7.33. The number of halogens is 1. The molecular weight excluding hydrogens is 346 g/mol. The summed E-state index contributed by atoms with van der Waals surface area (Å²) in [4.78, 5) is 25.7. The molecule has 0 aliphatic rings. The Morgan fingerprint density at radius 2 is 1.77 bits per heavy atom. The van der Waals surface area contributed by atoms with Crippen molar-refractivity contribution in [3.63, 3.8) is 0 Å². The Labute approximate surface area is 140 Å². The Hall–Kier alpha value is -1.40. The molecule has 5 nitrogen and oxygen atoms in total. The molecule has 0 saturated heterocycles. The van der Waals surface area contributed by atoms with E-state index >= 15 is 0 Å². The van der Waals surface area contributed by atoms with Gasteiger partial charge in [-0.25, -0.2) is 4.79 Å². The average molecular weight is 370 g/mol. The maximum atomic E-state index is 12.1. The van der Waals surface area contributed by atoms with Crippen molar-refractivity contribution < 1.29 is 9.59 Å². The Morgan fingerprint density at radius 3 is 2.27 bits per heavy atom. The summed E-state index contributed by atoms with van der Waals surface area (Å²) < 4.78 is 1.02. The van der Waals surface area contributed by atoms with Crippen molar-refractivity contribution in [3.8, 4) is 0 Å². The number of hydrogen-bond acceptors (Lipinski definition) is 3. The molecule has 0 spiro atoms. The van der Waals surface area contributed by atoms with Crippen molar-refractivity contribution in [2.24, 2.45) is 0 Å². The Kier molecular flexibility index (Phi) is 6.56. The summed E-state index contributed by atoms with van der Waals surface area (Å²) in [5.41, 5.74) is 0.723. The van der Waals surface area contributed by atoms with Gasteiger partial charge in [-0.2, -0.15) is 0 Å². The van der Waals surface area contributed by atoms with E-state index in [1.807, 2.05) is 57.0 Å². The van der Waals surface area contributed by atoms with E-state index in [4.69, 9.17) is 0 Å². The molecule has 22 heavy (non-hydrogen) atoms. The Morgan fingerprint density at radius 1 is 1.23 bits per heavy atom. The molecule has 2 N–H and O–H groups in total. The number of carbonyl (C=O) groups excluding carboxylic acids is 2. The third kappa shape index (κ3) is 6.58. The molecular formula is C16H24BrN3O2. The highest BCUT2D eigenvalue weighted by Crippen LogP contribution is 2.12. The zero-order chi connectivity index (χ0) is 16.9. The van der Waals surface area contributed by atoms with Gasteiger partial charge in [-0.1, -0.05) is 28.1 Å². The predicted octanol–water partition coefficient (Wildman–Crippen LogP) is 2.89. The van der Waals surface area contributed by atoms with Crippen LogP contribution in [0.4, 0.5) is 4.79 Å². The predicted molar refractivity (Wildman–Crippen MR) is 91.5 cm³/mol. The largest absolute Gasteiger partial charge is 0.333 e. The van der Waals surface area contributed by atoms with Crippen LogP contribution in [-0.4, -0.2) is 35.5 Å². The molecule has 1 unspecified atom stereocenters. The van der Waals surface area contributed by atoms with E-state index in [1.165, 1.54) is 0 Å². The van der Waals surface area contributed by atoms with Crippen LogP contribution in [0, 0.1) is 0 Å². The van der Waals surface area contributed by atoms with Crippen LogP contribution in [0.2, 0.25) is 0 Å². The molecule has 6 heteroatoms. The van der Waals surface area contributed by atoms with Gasteiger partial charge in [-0.05, 0) is 52.4 Å². The van der Waals surface area contributed by atoms with Crippen LogP contribution in [0.5, 0.6) is 0 Å². The van der Waals surface area contributed by atoms with Crippen molar-refractivity contribution in [3.05, 3.63) is 34.3 Å². The van der Waals surface area contributed by atoms with Gasteiger partial charge in [-0.15, -0.1) is 0 Å². The molecule has 1 aromatic rings. The van der Waals surface area contributed by atoms with E-state index in [-0.39, 0.29) is 11.4 Å². The lowest BCUT2D eigenvalue weighted by molar-refractivity contribution is -0.124. The number of nitrogens with one attached hydrogen (secondary N) is 2. The van der Waals surface area contributed by atoms with Crippen LogP contribution < -0.4 is 10.6 Å². The average Bonchev–Trinajstić information content (AvgIpc) is 2.38. The zero-order valence-corrected chi connectivity index (χ0v) is 15.3.